The van der Waals surface area contributed by atoms with E-state index in [4.69, 9.17) is 5.11 Å². The second-order valence-electron chi connectivity index (χ2n) is 2.76. The van der Waals surface area contributed by atoms with Gasteiger partial charge in [-0.05, 0) is 5.75 Å². The number of rotatable bonds is 4. The maximum absolute atomic E-state index is 10.3. The maximum Gasteiger partial charge on any atom is 0.304 e. The molecule has 0 aliphatic carbocycles. The van der Waals surface area contributed by atoms with Crippen molar-refractivity contribution in [3.8, 4) is 0 Å². The van der Waals surface area contributed by atoms with Gasteiger partial charge in [0, 0.05) is 4.75 Å². The third-order valence-electron chi connectivity index (χ3n) is 1.11. The van der Waals surface area contributed by atoms with Crippen molar-refractivity contribution in [2.24, 2.45) is 0 Å². The normalized spacial score (nSPS) is 11.5. The highest BCUT2D eigenvalue weighted by Gasteiger charge is 2.20. The highest BCUT2D eigenvalue weighted by molar-refractivity contribution is 8.00. The van der Waals surface area contributed by atoms with Crippen LogP contribution >= 0.6 is 11.8 Å². The molecule has 0 aliphatic heterocycles. The minimum Gasteiger partial charge on any atom is -0.481 e. The first-order valence-electron chi connectivity index (χ1n) is 3.33. The van der Waals surface area contributed by atoms with Crippen LogP contribution in [0, 0.1) is 0 Å². The van der Waals surface area contributed by atoms with Gasteiger partial charge < -0.3 is 5.11 Å². The van der Waals surface area contributed by atoms with Crippen molar-refractivity contribution in [1.29, 1.82) is 0 Å². The lowest BCUT2D eigenvalue weighted by Gasteiger charge is -2.20. The summed E-state index contributed by atoms with van der Waals surface area (Å²) in [5.74, 6) is 0.256. The predicted octanol–water partition coefficient (Wildman–Crippen LogP) is 1.99. The zero-order valence-corrected chi connectivity index (χ0v) is 7.49. The molecule has 0 spiro atoms. The van der Waals surface area contributed by atoms with E-state index in [-0.39, 0.29) is 11.2 Å². The fraction of sp³-hybridized carbons (Fsp3) is 0.857. The summed E-state index contributed by atoms with van der Waals surface area (Å²) in [5, 5.41) is 8.46. The minimum absolute atomic E-state index is 0.111. The standard InChI is InChI=1S/C7H14O2S/c1-4-10-7(2,3)5-6(8)9/h4-5H2,1-3H3,(H,8,9). The van der Waals surface area contributed by atoms with E-state index in [9.17, 15) is 4.79 Å². The molecule has 0 atom stereocenters. The predicted molar refractivity (Wildman–Crippen MR) is 44.5 cm³/mol. The van der Waals surface area contributed by atoms with Crippen LogP contribution in [0.15, 0.2) is 0 Å². The van der Waals surface area contributed by atoms with Gasteiger partial charge in [-0.2, -0.15) is 11.8 Å². The number of thioether (sulfide) groups is 1. The second-order valence-corrected chi connectivity index (χ2v) is 4.73. The summed E-state index contributed by atoms with van der Waals surface area (Å²) in [5.41, 5.74) is 0. The lowest BCUT2D eigenvalue weighted by Crippen LogP contribution is -2.19. The van der Waals surface area contributed by atoms with Gasteiger partial charge in [0.15, 0.2) is 0 Å². The molecule has 2 nitrogen and oxygen atoms in total. The van der Waals surface area contributed by atoms with E-state index in [0.29, 0.717) is 0 Å². The van der Waals surface area contributed by atoms with Crippen LogP contribution in [0.2, 0.25) is 0 Å². The van der Waals surface area contributed by atoms with Gasteiger partial charge >= 0.3 is 5.97 Å². The number of aliphatic carboxylic acids is 1. The van der Waals surface area contributed by atoms with E-state index in [0.717, 1.165) is 5.75 Å². The van der Waals surface area contributed by atoms with E-state index in [2.05, 4.69) is 0 Å². The molecule has 0 rings (SSSR count). The molecule has 0 radical (unpaired) electrons. The molecule has 0 aliphatic rings. The van der Waals surface area contributed by atoms with Gasteiger partial charge in [-0.3, -0.25) is 4.79 Å². The molecule has 0 amide bonds. The van der Waals surface area contributed by atoms with Gasteiger partial charge in [0.2, 0.25) is 0 Å². The Morgan fingerprint density at radius 2 is 2.10 bits per heavy atom. The topological polar surface area (TPSA) is 37.3 Å². The van der Waals surface area contributed by atoms with E-state index < -0.39 is 5.97 Å². The molecule has 10 heavy (non-hydrogen) atoms. The lowest BCUT2D eigenvalue weighted by atomic mass is 10.1. The minimum atomic E-state index is -0.717. The van der Waals surface area contributed by atoms with Crippen molar-refractivity contribution in [2.75, 3.05) is 5.75 Å². The number of carboxylic acids is 1. The van der Waals surface area contributed by atoms with E-state index in [1.54, 1.807) is 11.8 Å². The molecule has 60 valence electrons. The molecule has 0 heterocycles. The van der Waals surface area contributed by atoms with Gasteiger partial charge in [-0.25, -0.2) is 0 Å². The van der Waals surface area contributed by atoms with E-state index in [1.807, 2.05) is 20.8 Å². The molecule has 1 N–H and O–H groups in total. The zero-order valence-electron chi connectivity index (χ0n) is 6.68. The molecule has 0 unspecified atom stereocenters. The van der Waals surface area contributed by atoms with Crippen LogP contribution in [-0.2, 0) is 4.79 Å². The lowest BCUT2D eigenvalue weighted by molar-refractivity contribution is -0.137. The molecule has 0 aromatic rings. The van der Waals surface area contributed by atoms with Crippen LogP contribution in [-0.4, -0.2) is 21.6 Å². The molecule has 0 aromatic carbocycles. The van der Waals surface area contributed by atoms with Crippen molar-refractivity contribution in [3.63, 3.8) is 0 Å². The Kier molecular flexibility index (Phi) is 3.79. The molecule has 0 saturated heterocycles. The van der Waals surface area contributed by atoms with Gasteiger partial charge in [-0.1, -0.05) is 20.8 Å². The Labute approximate surface area is 66.0 Å². The molecule has 3 heteroatoms. The first-order chi connectivity index (χ1) is 4.48. The first kappa shape index (κ1) is 9.82. The molecular formula is C7H14O2S. The average Bonchev–Trinajstić information content (AvgIpc) is 1.59. The third kappa shape index (κ3) is 4.68. The summed E-state index contributed by atoms with van der Waals surface area (Å²) >= 11 is 1.68. The molecule has 0 bridgehead atoms. The van der Waals surface area contributed by atoms with Gasteiger partial charge in [0.05, 0.1) is 6.42 Å². The van der Waals surface area contributed by atoms with Crippen molar-refractivity contribution in [3.05, 3.63) is 0 Å². The molecular weight excluding hydrogens is 148 g/mol. The van der Waals surface area contributed by atoms with Crippen LogP contribution in [0.1, 0.15) is 27.2 Å². The second kappa shape index (κ2) is 3.86. The monoisotopic (exact) mass is 162 g/mol. The van der Waals surface area contributed by atoms with Crippen molar-refractivity contribution < 1.29 is 9.90 Å². The average molecular weight is 162 g/mol. The molecule has 0 aromatic heterocycles. The van der Waals surface area contributed by atoms with Crippen molar-refractivity contribution in [1.82, 2.24) is 0 Å². The number of hydrogen-bond acceptors (Lipinski definition) is 2. The fourth-order valence-electron chi connectivity index (χ4n) is 0.806. The first-order valence-corrected chi connectivity index (χ1v) is 4.32. The van der Waals surface area contributed by atoms with Crippen LogP contribution in [0.25, 0.3) is 0 Å². The zero-order chi connectivity index (χ0) is 8.20. The Balaban J connectivity index is 3.74. The number of carboxylic acid groups (broad SMARTS) is 1. The summed E-state index contributed by atoms with van der Waals surface area (Å²) in [7, 11) is 0. The Hall–Kier alpha value is -0.180. The smallest absolute Gasteiger partial charge is 0.304 e. The SMILES string of the molecule is CCSC(C)(C)CC(=O)O. The van der Waals surface area contributed by atoms with Crippen LogP contribution < -0.4 is 0 Å². The van der Waals surface area contributed by atoms with E-state index in [1.165, 1.54) is 0 Å². The summed E-state index contributed by atoms with van der Waals surface area (Å²) in [6.07, 6.45) is 0.242. The van der Waals surface area contributed by atoms with Crippen LogP contribution in [0.4, 0.5) is 0 Å². The van der Waals surface area contributed by atoms with Gasteiger partial charge in [0.1, 0.15) is 0 Å². The quantitative estimate of drug-likeness (QED) is 0.687. The van der Waals surface area contributed by atoms with E-state index >= 15 is 0 Å². The Morgan fingerprint density at radius 1 is 1.60 bits per heavy atom. The highest BCUT2D eigenvalue weighted by atomic mass is 32.2. The van der Waals surface area contributed by atoms with Crippen LogP contribution in [0.5, 0.6) is 0 Å². The number of hydrogen-bond donors (Lipinski definition) is 1. The Bertz CT molecular complexity index is 121. The van der Waals surface area contributed by atoms with Crippen molar-refractivity contribution >= 4 is 17.7 Å². The molecule has 0 saturated carbocycles. The summed E-state index contributed by atoms with van der Waals surface area (Å²) in [6.45, 7) is 5.94. The summed E-state index contributed by atoms with van der Waals surface area (Å²) < 4.78 is -0.111. The fourth-order valence-corrected chi connectivity index (χ4v) is 1.81. The van der Waals surface area contributed by atoms with Crippen molar-refractivity contribution in [2.45, 2.75) is 31.9 Å². The van der Waals surface area contributed by atoms with Gasteiger partial charge in [0.25, 0.3) is 0 Å². The largest absolute Gasteiger partial charge is 0.481 e. The highest BCUT2D eigenvalue weighted by Crippen LogP contribution is 2.27. The maximum atomic E-state index is 10.3. The number of carbonyl (C=O) groups is 1. The third-order valence-corrected chi connectivity index (χ3v) is 2.33. The van der Waals surface area contributed by atoms with Crippen LogP contribution in [0.3, 0.4) is 0 Å². The van der Waals surface area contributed by atoms with Gasteiger partial charge in [-0.15, -0.1) is 0 Å². The molecule has 0 fully saturated rings. The summed E-state index contributed by atoms with van der Waals surface area (Å²) in [6, 6.07) is 0. The summed E-state index contributed by atoms with van der Waals surface area (Å²) in [4.78, 5) is 10.3. The Morgan fingerprint density at radius 3 is 2.40 bits per heavy atom.